The Balaban J connectivity index is 1.73. The maximum atomic E-state index is 13.7. The number of fused-ring (bicyclic) bond motifs is 1. The summed E-state index contributed by atoms with van der Waals surface area (Å²) in [5.41, 5.74) is 1.01. The molecule has 0 amide bonds. The topological polar surface area (TPSA) is 49.8 Å². The largest absolute Gasteiger partial charge is 0.481 e. The van der Waals surface area contributed by atoms with Crippen LogP contribution in [0.25, 0.3) is 0 Å². The second-order valence-electron chi connectivity index (χ2n) is 6.46. The summed E-state index contributed by atoms with van der Waals surface area (Å²) in [6, 6.07) is 6.53. The van der Waals surface area contributed by atoms with Gasteiger partial charge in [-0.05, 0) is 36.1 Å². The zero-order valence-electron chi connectivity index (χ0n) is 14.9. The number of hydrogen-bond acceptors (Lipinski definition) is 5. The molecule has 1 aliphatic carbocycles. The van der Waals surface area contributed by atoms with Gasteiger partial charge in [-0.3, -0.25) is 0 Å². The first-order chi connectivity index (χ1) is 13.4. The standard InChI is InChI=1S/C19H17BrF3NO4/c1-25-16-12(18-26-7-8-27-18)9-13(19(21,22)23)17(24-16)28-15-6-5-10-11(15)3-2-4-14(10)20/h2-4,9,15,18H,5-8H2,1H3. The fourth-order valence-electron chi connectivity index (χ4n) is 3.49. The van der Waals surface area contributed by atoms with Crippen molar-refractivity contribution in [1.29, 1.82) is 0 Å². The number of ether oxygens (including phenoxy) is 4. The van der Waals surface area contributed by atoms with Gasteiger partial charge >= 0.3 is 6.18 Å². The highest BCUT2D eigenvalue weighted by Gasteiger charge is 2.40. The minimum atomic E-state index is -4.65. The van der Waals surface area contributed by atoms with Crippen molar-refractivity contribution < 1.29 is 32.1 Å². The van der Waals surface area contributed by atoms with E-state index in [-0.39, 0.29) is 11.4 Å². The number of halogens is 4. The Hall–Kier alpha value is -1.84. The molecule has 28 heavy (non-hydrogen) atoms. The molecule has 1 aliphatic heterocycles. The highest BCUT2D eigenvalue weighted by molar-refractivity contribution is 9.10. The van der Waals surface area contributed by atoms with Crippen molar-refractivity contribution in [2.24, 2.45) is 0 Å². The molecule has 2 heterocycles. The van der Waals surface area contributed by atoms with Gasteiger partial charge in [0.1, 0.15) is 11.7 Å². The van der Waals surface area contributed by atoms with Crippen LogP contribution in [0.15, 0.2) is 28.7 Å². The quantitative estimate of drug-likeness (QED) is 0.644. The van der Waals surface area contributed by atoms with E-state index in [1.54, 1.807) is 0 Å². The molecule has 4 rings (SSSR count). The molecule has 0 saturated carbocycles. The van der Waals surface area contributed by atoms with Crippen LogP contribution in [0.3, 0.4) is 0 Å². The average molecular weight is 460 g/mol. The first-order valence-corrected chi connectivity index (χ1v) is 9.51. The van der Waals surface area contributed by atoms with E-state index < -0.39 is 30.0 Å². The molecule has 2 aliphatic rings. The summed E-state index contributed by atoms with van der Waals surface area (Å²) in [6.45, 7) is 0.586. The van der Waals surface area contributed by atoms with E-state index in [9.17, 15) is 13.2 Å². The van der Waals surface area contributed by atoms with Gasteiger partial charge in [0.2, 0.25) is 11.8 Å². The minimum absolute atomic E-state index is 0.0117. The Morgan fingerprint density at radius 1 is 1.14 bits per heavy atom. The van der Waals surface area contributed by atoms with Gasteiger partial charge in [-0.2, -0.15) is 18.2 Å². The lowest BCUT2D eigenvalue weighted by molar-refractivity contribution is -0.140. The van der Waals surface area contributed by atoms with Crippen molar-refractivity contribution in [1.82, 2.24) is 4.98 Å². The van der Waals surface area contributed by atoms with Crippen LogP contribution in [0.1, 0.15) is 41.1 Å². The van der Waals surface area contributed by atoms with Crippen LogP contribution in [0.4, 0.5) is 13.2 Å². The smallest absolute Gasteiger partial charge is 0.421 e. The molecule has 0 spiro atoms. The van der Waals surface area contributed by atoms with E-state index >= 15 is 0 Å². The van der Waals surface area contributed by atoms with Crippen LogP contribution in [0.5, 0.6) is 11.8 Å². The maximum absolute atomic E-state index is 13.7. The first-order valence-electron chi connectivity index (χ1n) is 8.71. The SMILES string of the molecule is COc1nc(OC2CCc3c(Br)cccc32)c(C(F)(F)F)cc1C1OCCO1. The first kappa shape index (κ1) is 19.5. The number of methoxy groups -OCH3 is 1. The van der Waals surface area contributed by atoms with E-state index in [0.29, 0.717) is 26.1 Å². The number of aromatic nitrogens is 1. The second kappa shape index (κ2) is 7.53. The Morgan fingerprint density at radius 2 is 1.89 bits per heavy atom. The van der Waals surface area contributed by atoms with Gasteiger partial charge in [0.05, 0.1) is 25.9 Å². The molecule has 1 atom stereocenters. The van der Waals surface area contributed by atoms with E-state index in [0.717, 1.165) is 21.7 Å². The summed E-state index contributed by atoms with van der Waals surface area (Å²) in [5, 5.41) is 0. The van der Waals surface area contributed by atoms with Crippen molar-refractivity contribution in [2.45, 2.75) is 31.4 Å². The average Bonchev–Trinajstić information content (AvgIpc) is 3.31. The number of hydrogen-bond donors (Lipinski definition) is 0. The summed E-state index contributed by atoms with van der Waals surface area (Å²) in [7, 11) is 1.33. The molecule has 1 aromatic heterocycles. The molecule has 2 aromatic rings. The van der Waals surface area contributed by atoms with Crippen LogP contribution >= 0.6 is 15.9 Å². The number of pyridine rings is 1. The van der Waals surface area contributed by atoms with Crippen LogP contribution < -0.4 is 9.47 Å². The molecule has 0 radical (unpaired) electrons. The van der Waals surface area contributed by atoms with Gasteiger partial charge in [0, 0.05) is 4.47 Å². The molecule has 1 unspecified atom stereocenters. The van der Waals surface area contributed by atoms with Gasteiger partial charge < -0.3 is 18.9 Å². The summed E-state index contributed by atoms with van der Waals surface area (Å²) in [6.07, 6.45) is -4.84. The van der Waals surface area contributed by atoms with Crippen molar-refractivity contribution in [3.8, 4) is 11.8 Å². The third-order valence-corrected chi connectivity index (χ3v) is 5.51. The molecule has 0 N–H and O–H groups in total. The van der Waals surface area contributed by atoms with Crippen molar-refractivity contribution in [3.63, 3.8) is 0 Å². The second-order valence-corrected chi connectivity index (χ2v) is 7.32. The third-order valence-electron chi connectivity index (χ3n) is 4.77. The Morgan fingerprint density at radius 3 is 2.57 bits per heavy atom. The summed E-state index contributed by atoms with van der Waals surface area (Å²) < 4.78 is 63.7. The number of alkyl halides is 3. The summed E-state index contributed by atoms with van der Waals surface area (Å²) in [5.74, 6) is -0.522. The molecule has 1 fully saturated rings. The number of nitrogens with zero attached hydrogens (tertiary/aromatic N) is 1. The Kier molecular flexibility index (Phi) is 5.24. The highest BCUT2D eigenvalue weighted by atomic mass is 79.9. The van der Waals surface area contributed by atoms with Crippen LogP contribution in [-0.2, 0) is 22.1 Å². The van der Waals surface area contributed by atoms with E-state index in [2.05, 4.69) is 20.9 Å². The van der Waals surface area contributed by atoms with Crippen LogP contribution in [0, 0.1) is 0 Å². The van der Waals surface area contributed by atoms with Crippen molar-refractivity contribution in [3.05, 3.63) is 51.0 Å². The highest BCUT2D eigenvalue weighted by Crippen LogP contribution is 2.44. The van der Waals surface area contributed by atoms with E-state index in [1.165, 1.54) is 7.11 Å². The monoisotopic (exact) mass is 459 g/mol. The molecular formula is C19H17BrF3NO4. The number of rotatable bonds is 4. The minimum Gasteiger partial charge on any atom is -0.481 e. The zero-order chi connectivity index (χ0) is 19.9. The van der Waals surface area contributed by atoms with Gasteiger partial charge in [-0.25, -0.2) is 0 Å². The fraction of sp³-hybridized carbons (Fsp3) is 0.421. The van der Waals surface area contributed by atoms with E-state index in [1.807, 2.05) is 18.2 Å². The van der Waals surface area contributed by atoms with Crippen LogP contribution in [-0.4, -0.2) is 25.3 Å². The normalized spacial score (nSPS) is 19.7. The molecular weight excluding hydrogens is 443 g/mol. The van der Waals surface area contributed by atoms with Gasteiger partial charge in [-0.1, -0.05) is 28.1 Å². The Labute approximate surface area is 167 Å². The fourth-order valence-corrected chi connectivity index (χ4v) is 4.07. The van der Waals surface area contributed by atoms with Crippen LogP contribution in [0.2, 0.25) is 0 Å². The van der Waals surface area contributed by atoms with Crippen molar-refractivity contribution in [2.75, 3.05) is 20.3 Å². The number of benzene rings is 1. The predicted molar refractivity (Wildman–Crippen MR) is 96.3 cm³/mol. The lowest BCUT2D eigenvalue weighted by Crippen LogP contribution is -2.15. The lowest BCUT2D eigenvalue weighted by atomic mass is 10.1. The molecule has 9 heteroatoms. The molecule has 0 bridgehead atoms. The summed E-state index contributed by atoms with van der Waals surface area (Å²) >= 11 is 3.48. The van der Waals surface area contributed by atoms with Gasteiger partial charge in [0.15, 0.2) is 6.29 Å². The maximum Gasteiger partial charge on any atom is 0.421 e. The zero-order valence-corrected chi connectivity index (χ0v) is 16.5. The van der Waals surface area contributed by atoms with E-state index in [4.69, 9.17) is 18.9 Å². The molecule has 5 nitrogen and oxygen atoms in total. The Bertz CT molecular complexity index is 884. The molecule has 1 saturated heterocycles. The van der Waals surface area contributed by atoms with Gasteiger partial charge in [-0.15, -0.1) is 0 Å². The van der Waals surface area contributed by atoms with Gasteiger partial charge in [0.25, 0.3) is 0 Å². The van der Waals surface area contributed by atoms with Crippen molar-refractivity contribution >= 4 is 15.9 Å². The molecule has 1 aromatic carbocycles. The summed E-state index contributed by atoms with van der Waals surface area (Å²) in [4.78, 5) is 4.02. The third kappa shape index (κ3) is 3.58. The predicted octanol–water partition coefficient (Wildman–Crippen LogP) is 4.98. The molecule has 150 valence electrons. The lowest BCUT2D eigenvalue weighted by Gasteiger charge is -2.21.